The minimum Gasteiger partial charge on any atom is -0.481 e. The van der Waals surface area contributed by atoms with Crippen LogP contribution >= 0.6 is 0 Å². The van der Waals surface area contributed by atoms with Crippen LogP contribution in [0.1, 0.15) is 39.1 Å². The molecule has 0 spiro atoms. The molecule has 1 saturated heterocycles. The summed E-state index contributed by atoms with van der Waals surface area (Å²) in [5, 5.41) is 0. The second kappa shape index (κ2) is 4.88. The van der Waals surface area contributed by atoms with Crippen molar-refractivity contribution in [1.82, 2.24) is 9.97 Å². The smallest absolute Gasteiger partial charge is 0.221 e. The lowest BCUT2D eigenvalue weighted by molar-refractivity contribution is -0.133. The standard InChI is InChI=1S/C15H25N3O2/c1-10-12(16-11(2)17-13(10)19-7)18-8-14(3,4)20-15(5,6)9-18/h8-9H2,1-7H3. The molecule has 1 aliphatic heterocycles. The lowest BCUT2D eigenvalue weighted by Crippen LogP contribution is -2.57. The molecule has 0 aliphatic carbocycles. The first-order valence-corrected chi connectivity index (χ1v) is 6.98. The molecule has 1 aliphatic rings. The molecule has 0 radical (unpaired) electrons. The van der Waals surface area contributed by atoms with Crippen LogP contribution < -0.4 is 9.64 Å². The quantitative estimate of drug-likeness (QED) is 0.832. The van der Waals surface area contributed by atoms with Crippen LogP contribution in [-0.2, 0) is 4.74 Å². The minimum atomic E-state index is -0.208. The highest BCUT2D eigenvalue weighted by atomic mass is 16.5. The zero-order valence-corrected chi connectivity index (χ0v) is 13.6. The Morgan fingerprint density at radius 1 is 1.05 bits per heavy atom. The van der Waals surface area contributed by atoms with Gasteiger partial charge < -0.3 is 14.4 Å². The first kappa shape index (κ1) is 15.0. The van der Waals surface area contributed by atoms with Gasteiger partial charge >= 0.3 is 0 Å². The summed E-state index contributed by atoms with van der Waals surface area (Å²) in [6.45, 7) is 13.9. The van der Waals surface area contributed by atoms with Gasteiger partial charge in [-0.2, -0.15) is 4.98 Å². The van der Waals surface area contributed by atoms with Crippen LogP contribution in [0.5, 0.6) is 5.88 Å². The molecule has 0 N–H and O–H groups in total. The van der Waals surface area contributed by atoms with Crippen molar-refractivity contribution in [3.8, 4) is 5.88 Å². The molecule has 112 valence electrons. The number of ether oxygens (including phenoxy) is 2. The van der Waals surface area contributed by atoms with Crippen LogP contribution in [0.2, 0.25) is 0 Å². The lowest BCUT2D eigenvalue weighted by atomic mass is 9.98. The third-order valence-corrected chi connectivity index (χ3v) is 3.38. The summed E-state index contributed by atoms with van der Waals surface area (Å²) in [7, 11) is 1.64. The van der Waals surface area contributed by atoms with E-state index in [2.05, 4.69) is 42.6 Å². The van der Waals surface area contributed by atoms with E-state index in [-0.39, 0.29) is 11.2 Å². The number of methoxy groups -OCH3 is 1. The molecule has 0 amide bonds. The summed E-state index contributed by atoms with van der Waals surface area (Å²) in [6, 6.07) is 0. The van der Waals surface area contributed by atoms with E-state index in [1.165, 1.54) is 0 Å². The molecule has 2 rings (SSSR count). The molecule has 1 aromatic heterocycles. The van der Waals surface area contributed by atoms with Gasteiger partial charge in [-0.3, -0.25) is 0 Å². The molecule has 20 heavy (non-hydrogen) atoms. The van der Waals surface area contributed by atoms with Gasteiger partial charge in [0.15, 0.2) is 0 Å². The second-order valence-electron chi connectivity index (χ2n) is 6.71. The predicted molar refractivity (Wildman–Crippen MR) is 79.5 cm³/mol. The van der Waals surface area contributed by atoms with Crippen molar-refractivity contribution in [2.45, 2.75) is 52.7 Å². The van der Waals surface area contributed by atoms with E-state index in [0.29, 0.717) is 5.88 Å². The fourth-order valence-electron chi connectivity index (χ4n) is 3.03. The molecule has 2 heterocycles. The fourth-order valence-corrected chi connectivity index (χ4v) is 3.03. The van der Waals surface area contributed by atoms with Crippen molar-refractivity contribution in [2.24, 2.45) is 0 Å². The Morgan fingerprint density at radius 2 is 1.60 bits per heavy atom. The van der Waals surface area contributed by atoms with E-state index < -0.39 is 0 Å². The molecular formula is C15H25N3O2. The van der Waals surface area contributed by atoms with Crippen molar-refractivity contribution < 1.29 is 9.47 Å². The predicted octanol–water partition coefficient (Wildman–Crippen LogP) is 2.50. The van der Waals surface area contributed by atoms with Gasteiger partial charge in [0.1, 0.15) is 11.6 Å². The summed E-state index contributed by atoms with van der Waals surface area (Å²) < 4.78 is 11.5. The van der Waals surface area contributed by atoms with Crippen LogP contribution in [0, 0.1) is 13.8 Å². The van der Waals surface area contributed by atoms with Gasteiger partial charge in [0.25, 0.3) is 0 Å². The third-order valence-electron chi connectivity index (χ3n) is 3.38. The number of anilines is 1. The molecule has 5 nitrogen and oxygen atoms in total. The van der Waals surface area contributed by atoms with E-state index in [1.54, 1.807) is 7.11 Å². The number of morpholine rings is 1. The summed E-state index contributed by atoms with van der Waals surface area (Å²) in [5.41, 5.74) is 0.562. The number of hydrogen-bond acceptors (Lipinski definition) is 5. The maximum absolute atomic E-state index is 6.12. The monoisotopic (exact) mass is 279 g/mol. The Hall–Kier alpha value is -1.36. The zero-order valence-electron chi connectivity index (χ0n) is 13.6. The Balaban J connectivity index is 2.43. The van der Waals surface area contributed by atoms with Crippen molar-refractivity contribution in [3.05, 3.63) is 11.4 Å². The average Bonchev–Trinajstić information content (AvgIpc) is 2.27. The van der Waals surface area contributed by atoms with E-state index in [4.69, 9.17) is 9.47 Å². The number of aryl methyl sites for hydroxylation is 1. The summed E-state index contributed by atoms with van der Waals surface area (Å²) in [4.78, 5) is 11.2. The highest BCUT2D eigenvalue weighted by Gasteiger charge is 2.39. The zero-order chi connectivity index (χ0) is 15.1. The Kier molecular flexibility index (Phi) is 3.67. The second-order valence-corrected chi connectivity index (χ2v) is 6.71. The van der Waals surface area contributed by atoms with Gasteiger partial charge in [0.05, 0.1) is 23.9 Å². The van der Waals surface area contributed by atoms with Crippen LogP contribution in [0.25, 0.3) is 0 Å². The van der Waals surface area contributed by atoms with Crippen LogP contribution in [-0.4, -0.2) is 41.4 Å². The Morgan fingerprint density at radius 3 is 2.10 bits per heavy atom. The first-order chi connectivity index (χ1) is 9.13. The Bertz CT molecular complexity index is 496. The molecule has 0 atom stereocenters. The van der Waals surface area contributed by atoms with Crippen LogP contribution in [0.15, 0.2) is 0 Å². The van der Waals surface area contributed by atoms with Crippen LogP contribution in [0.4, 0.5) is 5.82 Å². The molecule has 1 aromatic rings. The molecule has 5 heteroatoms. The third kappa shape index (κ3) is 3.03. The van der Waals surface area contributed by atoms with Gasteiger partial charge in [0.2, 0.25) is 5.88 Å². The SMILES string of the molecule is COc1nc(C)nc(N2CC(C)(C)OC(C)(C)C2)c1C. The van der Waals surface area contributed by atoms with Gasteiger partial charge in [-0.15, -0.1) is 0 Å². The maximum Gasteiger partial charge on any atom is 0.221 e. The highest BCUT2D eigenvalue weighted by molar-refractivity contribution is 5.52. The average molecular weight is 279 g/mol. The molecule has 0 unspecified atom stereocenters. The summed E-state index contributed by atoms with van der Waals surface area (Å²) in [6.07, 6.45) is 0. The highest BCUT2D eigenvalue weighted by Crippen LogP contribution is 2.33. The van der Waals surface area contributed by atoms with E-state index in [9.17, 15) is 0 Å². The van der Waals surface area contributed by atoms with Gasteiger partial charge in [-0.1, -0.05) is 0 Å². The molecule has 0 bridgehead atoms. The topological polar surface area (TPSA) is 47.5 Å². The lowest BCUT2D eigenvalue weighted by Gasteiger charge is -2.47. The van der Waals surface area contributed by atoms with Gasteiger partial charge in [0, 0.05) is 13.1 Å². The molecular weight excluding hydrogens is 254 g/mol. The van der Waals surface area contributed by atoms with Crippen molar-refractivity contribution in [3.63, 3.8) is 0 Å². The number of nitrogens with zero attached hydrogens (tertiary/aromatic N) is 3. The summed E-state index contributed by atoms with van der Waals surface area (Å²) in [5.74, 6) is 2.32. The minimum absolute atomic E-state index is 0.208. The largest absolute Gasteiger partial charge is 0.481 e. The van der Waals surface area contributed by atoms with Gasteiger partial charge in [-0.05, 0) is 41.5 Å². The van der Waals surface area contributed by atoms with Crippen molar-refractivity contribution in [2.75, 3.05) is 25.1 Å². The van der Waals surface area contributed by atoms with Crippen molar-refractivity contribution in [1.29, 1.82) is 0 Å². The van der Waals surface area contributed by atoms with E-state index >= 15 is 0 Å². The normalized spacial score (nSPS) is 20.9. The van der Waals surface area contributed by atoms with E-state index in [0.717, 1.165) is 30.3 Å². The maximum atomic E-state index is 6.12. The first-order valence-electron chi connectivity index (χ1n) is 6.98. The fraction of sp³-hybridized carbons (Fsp3) is 0.733. The van der Waals surface area contributed by atoms with Gasteiger partial charge in [-0.25, -0.2) is 4.98 Å². The number of rotatable bonds is 2. The van der Waals surface area contributed by atoms with Crippen LogP contribution in [0.3, 0.4) is 0 Å². The molecule has 1 fully saturated rings. The summed E-state index contributed by atoms with van der Waals surface area (Å²) >= 11 is 0. The number of hydrogen-bond donors (Lipinski definition) is 0. The number of aromatic nitrogens is 2. The Labute approximate surface area is 121 Å². The van der Waals surface area contributed by atoms with E-state index in [1.807, 2.05) is 13.8 Å². The van der Waals surface area contributed by atoms with Crippen molar-refractivity contribution >= 4 is 5.82 Å². The molecule has 0 saturated carbocycles. The molecule has 0 aromatic carbocycles.